The number of hydrogen-bond acceptors (Lipinski definition) is 7. The van der Waals surface area contributed by atoms with Crippen molar-refractivity contribution >= 4 is 33.0 Å². The summed E-state index contributed by atoms with van der Waals surface area (Å²) in [6.07, 6.45) is 4.76. The molecule has 0 unspecified atom stereocenters. The van der Waals surface area contributed by atoms with Crippen LogP contribution in [-0.4, -0.2) is 43.6 Å². The van der Waals surface area contributed by atoms with Crippen LogP contribution in [0.4, 0.5) is 5.82 Å². The van der Waals surface area contributed by atoms with Crippen molar-refractivity contribution in [3.8, 4) is 11.3 Å². The highest BCUT2D eigenvalue weighted by Gasteiger charge is 2.19. The molecule has 10 heteroatoms. The van der Waals surface area contributed by atoms with Crippen LogP contribution in [0.15, 0.2) is 60.4 Å². The van der Waals surface area contributed by atoms with Gasteiger partial charge in [-0.05, 0) is 18.2 Å². The topological polar surface area (TPSA) is 120 Å². The molecule has 156 valence electrons. The molecule has 0 fully saturated rings. The van der Waals surface area contributed by atoms with Gasteiger partial charge < -0.3 is 10.5 Å². The third kappa shape index (κ3) is 4.82. The number of rotatable bonds is 8. The monoisotopic (exact) mass is 445 g/mol. The van der Waals surface area contributed by atoms with E-state index >= 15 is 0 Å². The Morgan fingerprint density at radius 1 is 1.30 bits per heavy atom. The van der Waals surface area contributed by atoms with E-state index in [2.05, 4.69) is 26.3 Å². The molecule has 0 amide bonds. The van der Waals surface area contributed by atoms with Crippen molar-refractivity contribution in [1.82, 2.24) is 19.7 Å². The number of nitrogens with one attached hydrogen (secondary N) is 1. The molecular formula is C20H20ClN5O3S. The second-order valence-corrected chi connectivity index (χ2v) is 8.39. The van der Waals surface area contributed by atoms with Gasteiger partial charge in [-0.1, -0.05) is 30.3 Å². The summed E-state index contributed by atoms with van der Waals surface area (Å²) >= 11 is 6.14. The van der Waals surface area contributed by atoms with Crippen molar-refractivity contribution in [2.75, 3.05) is 26.0 Å². The quantitative estimate of drug-likeness (QED) is 0.511. The minimum absolute atomic E-state index is 0.0657. The number of pyridine rings is 1. The summed E-state index contributed by atoms with van der Waals surface area (Å²) in [4.78, 5) is 12.8. The fourth-order valence-corrected chi connectivity index (χ4v) is 4.20. The summed E-state index contributed by atoms with van der Waals surface area (Å²) in [6, 6.07) is 8.21. The van der Waals surface area contributed by atoms with Crippen LogP contribution in [0.3, 0.4) is 0 Å². The van der Waals surface area contributed by atoms with Gasteiger partial charge in [0.1, 0.15) is 16.4 Å². The van der Waals surface area contributed by atoms with E-state index in [0.29, 0.717) is 22.5 Å². The number of methoxy groups -OCH3 is 1. The first kappa shape index (κ1) is 21.8. The third-order valence-corrected chi connectivity index (χ3v) is 6.15. The van der Waals surface area contributed by atoms with Crippen LogP contribution in [0.1, 0.15) is 11.3 Å². The molecule has 2 heterocycles. The predicted molar refractivity (Wildman–Crippen MR) is 116 cm³/mol. The molecule has 1 aromatic carbocycles. The lowest BCUT2D eigenvalue weighted by Gasteiger charge is -2.12. The van der Waals surface area contributed by atoms with Crippen LogP contribution < -0.4 is 10.5 Å². The molecule has 0 saturated heterocycles. The second kappa shape index (κ2) is 9.31. The number of aromatic nitrogens is 3. The molecule has 0 bridgehead atoms. The van der Waals surface area contributed by atoms with E-state index < -0.39 is 10.0 Å². The summed E-state index contributed by atoms with van der Waals surface area (Å²) in [7, 11) is -2.35. The molecule has 0 aliphatic rings. The summed E-state index contributed by atoms with van der Waals surface area (Å²) < 4.78 is 32.5. The molecule has 0 spiro atoms. The van der Waals surface area contributed by atoms with Crippen molar-refractivity contribution in [1.29, 1.82) is 0 Å². The van der Waals surface area contributed by atoms with Crippen LogP contribution in [0.5, 0.6) is 0 Å². The Labute approximate surface area is 179 Å². The molecule has 0 saturated carbocycles. The summed E-state index contributed by atoms with van der Waals surface area (Å²) in [5.74, 6) is 0.204. The van der Waals surface area contributed by atoms with Crippen molar-refractivity contribution in [2.24, 2.45) is 0 Å². The van der Waals surface area contributed by atoms with Crippen LogP contribution in [0, 0.1) is 0 Å². The SMILES string of the molecule is C=C(c1cccnc1)c1nc(-c2ccc(Cl)c(S(=O)(=O)NCCOC)c2)cnc1N. The number of ether oxygens (including phenoxy) is 1. The van der Waals surface area contributed by atoms with Crippen molar-refractivity contribution in [2.45, 2.75) is 4.90 Å². The van der Waals surface area contributed by atoms with E-state index in [1.54, 1.807) is 24.5 Å². The minimum Gasteiger partial charge on any atom is -0.383 e. The first-order chi connectivity index (χ1) is 14.3. The number of sulfonamides is 1. The number of nitrogen functional groups attached to an aromatic ring is 1. The van der Waals surface area contributed by atoms with Gasteiger partial charge in [0, 0.05) is 42.7 Å². The van der Waals surface area contributed by atoms with Crippen LogP contribution in [-0.2, 0) is 14.8 Å². The highest BCUT2D eigenvalue weighted by atomic mass is 35.5. The van der Waals surface area contributed by atoms with E-state index in [1.807, 2.05) is 6.07 Å². The molecule has 0 aliphatic carbocycles. The van der Waals surface area contributed by atoms with Crippen LogP contribution in [0.2, 0.25) is 5.02 Å². The molecule has 8 nitrogen and oxygen atoms in total. The fourth-order valence-electron chi connectivity index (χ4n) is 2.66. The maximum absolute atomic E-state index is 12.6. The molecule has 3 rings (SSSR count). The molecular weight excluding hydrogens is 426 g/mol. The van der Waals surface area contributed by atoms with Gasteiger partial charge >= 0.3 is 0 Å². The van der Waals surface area contributed by atoms with Gasteiger partial charge in [0.2, 0.25) is 10.0 Å². The van der Waals surface area contributed by atoms with E-state index in [1.165, 1.54) is 25.4 Å². The van der Waals surface area contributed by atoms with Gasteiger partial charge in [-0.3, -0.25) is 4.98 Å². The van der Waals surface area contributed by atoms with E-state index in [4.69, 9.17) is 22.1 Å². The Morgan fingerprint density at radius 3 is 2.80 bits per heavy atom. The van der Waals surface area contributed by atoms with Crippen LogP contribution >= 0.6 is 11.6 Å². The van der Waals surface area contributed by atoms with Gasteiger partial charge in [0.05, 0.1) is 23.5 Å². The second-order valence-electron chi connectivity index (χ2n) is 6.25. The molecule has 30 heavy (non-hydrogen) atoms. The zero-order valence-electron chi connectivity index (χ0n) is 16.2. The average Bonchev–Trinajstić information content (AvgIpc) is 2.74. The van der Waals surface area contributed by atoms with Crippen LogP contribution in [0.25, 0.3) is 16.8 Å². The lowest BCUT2D eigenvalue weighted by Crippen LogP contribution is -2.27. The van der Waals surface area contributed by atoms with Gasteiger partial charge in [-0.25, -0.2) is 23.1 Å². The molecule has 3 aromatic rings. The maximum Gasteiger partial charge on any atom is 0.242 e. The first-order valence-electron chi connectivity index (χ1n) is 8.84. The Kier molecular flexibility index (Phi) is 6.78. The summed E-state index contributed by atoms with van der Waals surface area (Å²) in [5.41, 5.74) is 8.63. The molecule has 0 aliphatic heterocycles. The van der Waals surface area contributed by atoms with Crippen molar-refractivity contribution in [3.05, 3.63) is 71.8 Å². The number of benzene rings is 1. The highest BCUT2D eigenvalue weighted by molar-refractivity contribution is 7.89. The zero-order chi connectivity index (χ0) is 21.7. The molecule has 0 radical (unpaired) electrons. The van der Waals surface area contributed by atoms with Gasteiger partial charge in [0.15, 0.2) is 0 Å². The highest BCUT2D eigenvalue weighted by Crippen LogP contribution is 2.30. The van der Waals surface area contributed by atoms with Gasteiger partial charge in [-0.2, -0.15) is 0 Å². The van der Waals surface area contributed by atoms with E-state index in [0.717, 1.165) is 5.56 Å². The van der Waals surface area contributed by atoms with Gasteiger partial charge in [-0.15, -0.1) is 0 Å². The van der Waals surface area contributed by atoms with E-state index in [9.17, 15) is 8.42 Å². The number of hydrogen-bond donors (Lipinski definition) is 2. The fraction of sp³-hybridized carbons (Fsp3) is 0.150. The van der Waals surface area contributed by atoms with Crippen molar-refractivity contribution in [3.63, 3.8) is 0 Å². The molecule has 3 N–H and O–H groups in total. The normalized spacial score (nSPS) is 11.4. The zero-order valence-corrected chi connectivity index (χ0v) is 17.7. The summed E-state index contributed by atoms with van der Waals surface area (Å²) in [6.45, 7) is 4.40. The maximum atomic E-state index is 12.6. The summed E-state index contributed by atoms with van der Waals surface area (Å²) in [5, 5.41) is 0.0899. The van der Waals surface area contributed by atoms with Crippen molar-refractivity contribution < 1.29 is 13.2 Å². The largest absolute Gasteiger partial charge is 0.383 e. The van der Waals surface area contributed by atoms with E-state index in [-0.39, 0.29) is 28.9 Å². The standard InChI is InChI=1S/C20H20ClN5O3S/c1-13(15-4-3-7-23-11-15)19-20(22)24-12-17(26-19)14-5-6-16(21)18(10-14)30(27,28)25-8-9-29-2/h3-7,10-12,25H,1,8-9H2,2H3,(H2,22,24). The number of halogens is 1. The number of anilines is 1. The Balaban J connectivity index is 2.00. The Hall–Kier alpha value is -2.85. The predicted octanol–water partition coefficient (Wildman–Crippen LogP) is 2.76. The third-order valence-electron chi connectivity index (χ3n) is 4.21. The lowest BCUT2D eigenvalue weighted by molar-refractivity contribution is 0.204. The smallest absolute Gasteiger partial charge is 0.242 e. The lowest BCUT2D eigenvalue weighted by atomic mass is 10.1. The molecule has 0 atom stereocenters. The minimum atomic E-state index is -3.83. The number of nitrogens with two attached hydrogens (primary N) is 1. The number of nitrogens with zero attached hydrogens (tertiary/aromatic N) is 3. The molecule has 2 aromatic heterocycles. The first-order valence-corrected chi connectivity index (χ1v) is 10.7. The Bertz CT molecular complexity index is 1170. The average molecular weight is 446 g/mol. The Morgan fingerprint density at radius 2 is 2.10 bits per heavy atom. The van der Waals surface area contributed by atoms with Gasteiger partial charge in [0.25, 0.3) is 0 Å².